The highest BCUT2D eigenvalue weighted by Gasteiger charge is 2.24. The average Bonchev–Trinajstić information content (AvgIpc) is 3.23. The number of hydrogen-bond acceptors (Lipinski definition) is 6. The minimum Gasteiger partial charge on any atom is -0.508 e. The van der Waals surface area contributed by atoms with Crippen molar-refractivity contribution in [2.24, 2.45) is 0 Å². The Hall–Kier alpha value is -4.27. The third kappa shape index (κ3) is 4.51. The van der Waals surface area contributed by atoms with Gasteiger partial charge in [0.05, 0.1) is 5.39 Å². The lowest BCUT2D eigenvalue weighted by Gasteiger charge is -2.19. The van der Waals surface area contributed by atoms with Crippen LogP contribution in [0.3, 0.4) is 0 Å². The maximum absolute atomic E-state index is 12.7. The number of aliphatic carboxylic acids is 1. The summed E-state index contributed by atoms with van der Waals surface area (Å²) in [5.41, 5.74) is 3.85. The van der Waals surface area contributed by atoms with Crippen molar-refractivity contribution in [3.05, 3.63) is 69.2 Å². The molecular formula is C27H26N2O7. The second-order valence-electron chi connectivity index (χ2n) is 9.18. The number of aromatic amines is 1. The van der Waals surface area contributed by atoms with E-state index in [1.165, 1.54) is 6.07 Å². The van der Waals surface area contributed by atoms with Crippen molar-refractivity contribution >= 4 is 33.7 Å². The maximum Gasteiger partial charge on any atom is 0.339 e. The molecule has 0 spiro atoms. The molecule has 1 aliphatic rings. The molecule has 0 bridgehead atoms. The number of carboxylic acid groups (broad SMARTS) is 1. The van der Waals surface area contributed by atoms with Gasteiger partial charge in [0.15, 0.2) is 6.61 Å². The van der Waals surface area contributed by atoms with Gasteiger partial charge in [-0.1, -0.05) is 0 Å². The first kappa shape index (κ1) is 23.5. The van der Waals surface area contributed by atoms with E-state index in [9.17, 15) is 24.6 Å². The van der Waals surface area contributed by atoms with Gasteiger partial charge >= 0.3 is 11.6 Å². The monoisotopic (exact) mass is 490 g/mol. The van der Waals surface area contributed by atoms with E-state index in [2.05, 4.69) is 10.3 Å². The standard InChI is InChI=1S/C27H26N2O7/c1-14-8-22(25-17-4-2-3-5-18(17)27(34)36-23(25)9-14)35-13-24(31)29-21(26(32)33)10-15-12-28-20-7-6-16(30)11-19(15)20/h6-9,11-12,21,28,30H,2-5,10,13H2,1H3,(H,29,31)(H,32,33)/t21-/m1/s1. The van der Waals surface area contributed by atoms with E-state index in [4.69, 9.17) is 9.15 Å². The van der Waals surface area contributed by atoms with Crippen LogP contribution in [0.2, 0.25) is 0 Å². The van der Waals surface area contributed by atoms with Crippen molar-refractivity contribution < 1.29 is 29.0 Å². The second kappa shape index (κ2) is 9.41. The molecule has 1 amide bonds. The van der Waals surface area contributed by atoms with Crippen LogP contribution in [-0.2, 0) is 28.9 Å². The molecule has 4 aromatic rings. The van der Waals surface area contributed by atoms with Crippen LogP contribution >= 0.6 is 0 Å². The lowest BCUT2D eigenvalue weighted by Crippen LogP contribution is -2.44. The molecule has 0 saturated heterocycles. The Bertz CT molecular complexity index is 1550. The SMILES string of the molecule is Cc1cc(OCC(=O)N[C@H](Cc2c[nH]c3ccc(O)cc23)C(=O)O)c2c3c(c(=O)oc2c1)CCCC3. The summed E-state index contributed by atoms with van der Waals surface area (Å²) in [6.45, 7) is 1.44. The molecule has 5 rings (SSSR count). The molecule has 186 valence electrons. The van der Waals surface area contributed by atoms with Gasteiger partial charge in [-0.25, -0.2) is 9.59 Å². The topological polar surface area (TPSA) is 142 Å². The van der Waals surface area contributed by atoms with Crippen LogP contribution in [0.4, 0.5) is 0 Å². The third-order valence-electron chi connectivity index (χ3n) is 6.60. The highest BCUT2D eigenvalue weighted by Crippen LogP contribution is 2.34. The summed E-state index contributed by atoms with van der Waals surface area (Å²) in [6.07, 6.45) is 4.93. The molecule has 9 heteroatoms. The number of amides is 1. The quantitative estimate of drug-likeness (QED) is 0.291. The van der Waals surface area contributed by atoms with Gasteiger partial charge in [-0.15, -0.1) is 0 Å². The number of aromatic hydroxyl groups is 1. The smallest absolute Gasteiger partial charge is 0.339 e. The number of phenols is 1. The normalized spacial score (nSPS) is 13.9. The summed E-state index contributed by atoms with van der Waals surface area (Å²) in [5, 5.41) is 23.4. The molecule has 2 heterocycles. The molecule has 2 aromatic carbocycles. The maximum atomic E-state index is 12.7. The zero-order chi connectivity index (χ0) is 25.4. The molecule has 36 heavy (non-hydrogen) atoms. The minimum atomic E-state index is -1.19. The fourth-order valence-corrected chi connectivity index (χ4v) is 4.92. The Balaban J connectivity index is 1.35. The Morgan fingerprint density at radius 3 is 2.72 bits per heavy atom. The predicted molar refractivity (Wildman–Crippen MR) is 133 cm³/mol. The first-order valence-corrected chi connectivity index (χ1v) is 11.8. The van der Waals surface area contributed by atoms with Crippen molar-refractivity contribution in [2.75, 3.05) is 6.61 Å². The lowest BCUT2D eigenvalue weighted by molar-refractivity contribution is -0.142. The number of rotatable bonds is 7. The van der Waals surface area contributed by atoms with Gasteiger partial charge in [-0.2, -0.15) is 0 Å². The van der Waals surface area contributed by atoms with Crippen LogP contribution in [0.25, 0.3) is 21.9 Å². The third-order valence-corrected chi connectivity index (χ3v) is 6.60. The fraction of sp³-hybridized carbons (Fsp3) is 0.296. The number of H-pyrrole nitrogens is 1. The number of carboxylic acids is 1. The van der Waals surface area contributed by atoms with E-state index in [1.54, 1.807) is 30.5 Å². The summed E-state index contributed by atoms with van der Waals surface area (Å²) in [4.78, 5) is 40.1. The molecule has 0 saturated carbocycles. The lowest BCUT2D eigenvalue weighted by atomic mass is 9.90. The number of hydrogen-bond donors (Lipinski definition) is 4. The molecule has 1 aliphatic carbocycles. The van der Waals surface area contributed by atoms with E-state index in [-0.39, 0.29) is 17.8 Å². The van der Waals surface area contributed by atoms with Crippen LogP contribution in [0.1, 0.15) is 35.1 Å². The van der Waals surface area contributed by atoms with Crippen LogP contribution in [0.15, 0.2) is 45.7 Å². The average molecular weight is 491 g/mol. The molecule has 0 fully saturated rings. The van der Waals surface area contributed by atoms with Crippen molar-refractivity contribution in [3.8, 4) is 11.5 Å². The molecule has 9 nitrogen and oxygen atoms in total. The van der Waals surface area contributed by atoms with Crippen LogP contribution in [0, 0.1) is 6.92 Å². The Morgan fingerprint density at radius 1 is 1.17 bits per heavy atom. The Kier molecular flexibility index (Phi) is 6.13. The molecule has 0 radical (unpaired) electrons. The van der Waals surface area contributed by atoms with Crippen LogP contribution in [0.5, 0.6) is 11.5 Å². The van der Waals surface area contributed by atoms with Crippen LogP contribution < -0.4 is 15.7 Å². The summed E-state index contributed by atoms with van der Waals surface area (Å²) >= 11 is 0. The van der Waals surface area contributed by atoms with Gasteiger partial charge in [-0.05, 0) is 79.6 Å². The molecule has 2 aromatic heterocycles. The molecular weight excluding hydrogens is 464 g/mol. The molecule has 4 N–H and O–H groups in total. The van der Waals surface area contributed by atoms with Gasteiger partial charge in [-0.3, -0.25) is 4.79 Å². The van der Waals surface area contributed by atoms with Crippen molar-refractivity contribution in [1.29, 1.82) is 0 Å². The number of phenolic OH excluding ortho intramolecular Hbond substituents is 1. The minimum absolute atomic E-state index is 0.0244. The predicted octanol–water partition coefficient (Wildman–Crippen LogP) is 3.36. The summed E-state index contributed by atoms with van der Waals surface area (Å²) in [7, 11) is 0. The summed E-state index contributed by atoms with van der Waals surface area (Å²) < 4.78 is 11.4. The van der Waals surface area contributed by atoms with E-state index < -0.39 is 24.5 Å². The van der Waals surface area contributed by atoms with Crippen molar-refractivity contribution in [2.45, 2.75) is 45.1 Å². The van der Waals surface area contributed by atoms with E-state index in [0.29, 0.717) is 39.7 Å². The van der Waals surface area contributed by atoms with Gasteiger partial charge < -0.3 is 29.7 Å². The van der Waals surface area contributed by atoms with Gasteiger partial charge in [0.2, 0.25) is 0 Å². The number of nitrogens with one attached hydrogen (secondary N) is 2. The highest BCUT2D eigenvalue weighted by atomic mass is 16.5. The van der Waals surface area contributed by atoms with E-state index in [1.807, 2.05) is 6.92 Å². The zero-order valence-corrected chi connectivity index (χ0v) is 19.7. The first-order valence-electron chi connectivity index (χ1n) is 11.8. The number of benzene rings is 2. The summed E-state index contributed by atoms with van der Waals surface area (Å²) in [6, 6.07) is 7.15. The van der Waals surface area contributed by atoms with E-state index in [0.717, 1.165) is 35.9 Å². The van der Waals surface area contributed by atoms with Gasteiger partial charge in [0.1, 0.15) is 23.1 Å². The Labute approximate surface area is 205 Å². The number of fused-ring (bicyclic) bond motifs is 4. The molecule has 1 atom stereocenters. The number of aryl methyl sites for hydroxylation is 2. The number of carbonyl (C=O) groups is 2. The first-order chi connectivity index (χ1) is 17.3. The number of ether oxygens (including phenoxy) is 1. The van der Waals surface area contributed by atoms with Gasteiger partial charge in [0.25, 0.3) is 5.91 Å². The molecule has 0 aliphatic heterocycles. The van der Waals surface area contributed by atoms with Crippen molar-refractivity contribution in [3.63, 3.8) is 0 Å². The summed E-state index contributed by atoms with van der Waals surface area (Å²) in [5.74, 6) is -1.28. The fourth-order valence-electron chi connectivity index (χ4n) is 4.92. The number of aromatic nitrogens is 1. The van der Waals surface area contributed by atoms with Gasteiger partial charge in [0, 0.05) is 29.1 Å². The molecule has 0 unspecified atom stereocenters. The zero-order valence-electron chi connectivity index (χ0n) is 19.7. The van der Waals surface area contributed by atoms with Crippen molar-refractivity contribution in [1.82, 2.24) is 10.3 Å². The Morgan fingerprint density at radius 2 is 1.94 bits per heavy atom. The van der Waals surface area contributed by atoms with E-state index >= 15 is 0 Å². The highest BCUT2D eigenvalue weighted by molar-refractivity contribution is 5.90. The largest absolute Gasteiger partial charge is 0.508 e. The second-order valence-corrected chi connectivity index (χ2v) is 9.18. The number of carbonyl (C=O) groups excluding carboxylic acids is 1. The van der Waals surface area contributed by atoms with Crippen LogP contribution in [-0.4, -0.2) is 39.7 Å².